The molecule has 0 radical (unpaired) electrons. The van der Waals surface area contributed by atoms with Crippen LogP contribution in [-0.4, -0.2) is 10.1 Å². The topological polar surface area (TPSA) is 64.9 Å². The zero-order chi connectivity index (χ0) is 13.7. The van der Waals surface area contributed by atoms with Gasteiger partial charge in [-0.3, -0.25) is 0 Å². The Labute approximate surface area is 116 Å². The second kappa shape index (κ2) is 7.04. The average molecular weight is 265 g/mol. The Morgan fingerprint density at radius 1 is 1.21 bits per heavy atom. The molecule has 4 heteroatoms. The van der Waals surface area contributed by atoms with E-state index < -0.39 is 0 Å². The minimum Gasteiger partial charge on any atom is -0.338 e. The van der Waals surface area contributed by atoms with Gasteiger partial charge in [-0.15, -0.1) is 0 Å². The van der Waals surface area contributed by atoms with E-state index in [1.54, 1.807) is 0 Å². The third kappa shape index (κ3) is 3.78. The number of aromatic nitrogens is 2. The zero-order valence-corrected chi connectivity index (χ0v) is 12.3. The fourth-order valence-corrected chi connectivity index (χ4v) is 2.76. The highest BCUT2D eigenvalue weighted by Crippen LogP contribution is 2.30. The number of hydrogen-bond acceptors (Lipinski definition) is 4. The van der Waals surface area contributed by atoms with Crippen molar-refractivity contribution in [1.82, 2.24) is 10.1 Å². The van der Waals surface area contributed by atoms with Crippen LogP contribution in [0.2, 0.25) is 0 Å². The van der Waals surface area contributed by atoms with Crippen LogP contribution in [0.1, 0.15) is 88.9 Å². The molecule has 1 aromatic heterocycles. The largest absolute Gasteiger partial charge is 0.338 e. The first-order valence-corrected chi connectivity index (χ1v) is 7.81. The SMILES string of the molecule is CCC(C)[C@H](N)c1nc(C2CCCCCCC2)no1. The first-order valence-electron chi connectivity index (χ1n) is 7.81. The van der Waals surface area contributed by atoms with E-state index in [1.165, 1.54) is 44.9 Å². The van der Waals surface area contributed by atoms with E-state index in [1.807, 2.05) is 0 Å². The van der Waals surface area contributed by atoms with Crippen molar-refractivity contribution < 1.29 is 4.52 Å². The van der Waals surface area contributed by atoms with E-state index in [2.05, 4.69) is 24.0 Å². The molecule has 1 unspecified atom stereocenters. The first-order chi connectivity index (χ1) is 9.22. The molecule has 1 saturated carbocycles. The molecular weight excluding hydrogens is 238 g/mol. The highest BCUT2D eigenvalue weighted by molar-refractivity contribution is 4.99. The maximum absolute atomic E-state index is 6.15. The van der Waals surface area contributed by atoms with Crippen molar-refractivity contribution in [3.63, 3.8) is 0 Å². The standard InChI is InChI=1S/C15H27N3O/c1-3-11(2)13(16)15-17-14(18-19-15)12-9-7-5-4-6-8-10-12/h11-13H,3-10,16H2,1-2H3/t11?,13-/m0/s1. The molecule has 1 aromatic rings. The van der Waals surface area contributed by atoms with Crippen molar-refractivity contribution in [2.24, 2.45) is 11.7 Å². The maximum atomic E-state index is 6.15. The van der Waals surface area contributed by atoms with Gasteiger partial charge in [-0.1, -0.05) is 57.5 Å². The Hall–Kier alpha value is -0.900. The lowest BCUT2D eigenvalue weighted by Crippen LogP contribution is -2.19. The molecule has 0 amide bonds. The van der Waals surface area contributed by atoms with E-state index in [4.69, 9.17) is 10.3 Å². The molecular formula is C15H27N3O. The summed E-state index contributed by atoms with van der Waals surface area (Å²) < 4.78 is 5.39. The van der Waals surface area contributed by atoms with Gasteiger partial charge in [-0.25, -0.2) is 0 Å². The molecule has 1 fully saturated rings. The summed E-state index contributed by atoms with van der Waals surface area (Å²) in [6, 6.07) is -0.125. The molecule has 0 aliphatic heterocycles. The Bertz CT molecular complexity index is 369. The van der Waals surface area contributed by atoms with Crippen molar-refractivity contribution in [2.75, 3.05) is 0 Å². The highest BCUT2D eigenvalue weighted by Gasteiger charge is 2.23. The Balaban J connectivity index is 2.02. The zero-order valence-electron chi connectivity index (χ0n) is 12.3. The Kier molecular flexibility index (Phi) is 5.37. The van der Waals surface area contributed by atoms with Gasteiger partial charge in [0.2, 0.25) is 5.89 Å². The van der Waals surface area contributed by atoms with Crippen LogP contribution < -0.4 is 5.73 Å². The predicted octanol–water partition coefficient (Wildman–Crippen LogP) is 3.94. The lowest BCUT2D eigenvalue weighted by atomic mass is 9.91. The van der Waals surface area contributed by atoms with Gasteiger partial charge in [-0.05, 0) is 18.8 Å². The van der Waals surface area contributed by atoms with Crippen molar-refractivity contribution >= 4 is 0 Å². The summed E-state index contributed by atoms with van der Waals surface area (Å²) in [6.07, 6.45) is 10.0. The number of rotatable bonds is 4. The van der Waals surface area contributed by atoms with E-state index in [-0.39, 0.29) is 6.04 Å². The Morgan fingerprint density at radius 3 is 2.47 bits per heavy atom. The van der Waals surface area contributed by atoms with E-state index >= 15 is 0 Å². The van der Waals surface area contributed by atoms with Crippen molar-refractivity contribution in [1.29, 1.82) is 0 Å². The summed E-state index contributed by atoms with van der Waals surface area (Å²) in [5.41, 5.74) is 6.15. The second-order valence-electron chi connectivity index (χ2n) is 5.94. The van der Waals surface area contributed by atoms with Gasteiger partial charge in [0.15, 0.2) is 5.82 Å². The van der Waals surface area contributed by atoms with Gasteiger partial charge < -0.3 is 10.3 Å². The molecule has 2 rings (SSSR count). The van der Waals surface area contributed by atoms with Crippen LogP contribution >= 0.6 is 0 Å². The van der Waals surface area contributed by atoms with E-state index in [0.29, 0.717) is 17.7 Å². The van der Waals surface area contributed by atoms with E-state index in [0.717, 1.165) is 12.2 Å². The normalized spacial score (nSPS) is 21.6. The molecule has 0 aromatic carbocycles. The minimum absolute atomic E-state index is 0.125. The minimum atomic E-state index is -0.125. The molecule has 2 atom stereocenters. The summed E-state index contributed by atoms with van der Waals surface area (Å²) in [7, 11) is 0. The lowest BCUT2D eigenvalue weighted by molar-refractivity contribution is 0.308. The fourth-order valence-electron chi connectivity index (χ4n) is 2.76. The molecule has 1 aliphatic carbocycles. The van der Waals surface area contributed by atoms with Crippen LogP contribution in [0, 0.1) is 5.92 Å². The third-order valence-corrected chi connectivity index (χ3v) is 4.47. The monoisotopic (exact) mass is 265 g/mol. The van der Waals surface area contributed by atoms with Crippen molar-refractivity contribution in [2.45, 2.75) is 77.2 Å². The number of hydrogen-bond donors (Lipinski definition) is 1. The van der Waals surface area contributed by atoms with Gasteiger partial charge in [-0.2, -0.15) is 4.98 Å². The van der Waals surface area contributed by atoms with Gasteiger partial charge >= 0.3 is 0 Å². The van der Waals surface area contributed by atoms with Gasteiger partial charge in [0, 0.05) is 5.92 Å². The van der Waals surface area contributed by atoms with Crippen molar-refractivity contribution in [3.8, 4) is 0 Å². The summed E-state index contributed by atoms with van der Waals surface area (Å²) >= 11 is 0. The summed E-state index contributed by atoms with van der Waals surface area (Å²) in [5.74, 6) is 2.36. The average Bonchev–Trinajstić information content (AvgIpc) is 2.86. The third-order valence-electron chi connectivity index (χ3n) is 4.47. The van der Waals surface area contributed by atoms with Gasteiger partial charge in [0.25, 0.3) is 0 Å². The number of nitrogens with zero attached hydrogens (tertiary/aromatic N) is 2. The second-order valence-corrected chi connectivity index (χ2v) is 5.94. The summed E-state index contributed by atoms with van der Waals surface area (Å²) in [6.45, 7) is 4.26. The summed E-state index contributed by atoms with van der Waals surface area (Å²) in [5, 5.41) is 4.18. The molecule has 1 heterocycles. The van der Waals surface area contributed by atoms with Crippen LogP contribution in [0.3, 0.4) is 0 Å². The predicted molar refractivity (Wildman–Crippen MR) is 75.7 cm³/mol. The summed E-state index contributed by atoms with van der Waals surface area (Å²) in [4.78, 5) is 4.57. The first kappa shape index (κ1) is 14.5. The van der Waals surface area contributed by atoms with Crippen LogP contribution in [0.4, 0.5) is 0 Å². The molecule has 108 valence electrons. The maximum Gasteiger partial charge on any atom is 0.243 e. The molecule has 0 bridgehead atoms. The quantitative estimate of drug-likeness (QED) is 0.895. The fraction of sp³-hybridized carbons (Fsp3) is 0.867. The molecule has 0 spiro atoms. The molecule has 4 nitrogen and oxygen atoms in total. The molecule has 1 aliphatic rings. The molecule has 19 heavy (non-hydrogen) atoms. The van der Waals surface area contributed by atoms with Crippen LogP contribution in [0.25, 0.3) is 0 Å². The lowest BCUT2D eigenvalue weighted by Gasteiger charge is -2.16. The smallest absolute Gasteiger partial charge is 0.243 e. The molecule has 0 saturated heterocycles. The van der Waals surface area contributed by atoms with E-state index in [9.17, 15) is 0 Å². The Morgan fingerprint density at radius 2 is 1.84 bits per heavy atom. The molecule has 2 N–H and O–H groups in total. The van der Waals surface area contributed by atoms with Gasteiger partial charge in [0.1, 0.15) is 0 Å². The van der Waals surface area contributed by atoms with Crippen LogP contribution in [-0.2, 0) is 0 Å². The van der Waals surface area contributed by atoms with Gasteiger partial charge in [0.05, 0.1) is 6.04 Å². The van der Waals surface area contributed by atoms with Crippen LogP contribution in [0.15, 0.2) is 4.52 Å². The number of nitrogens with two attached hydrogens (primary N) is 1. The van der Waals surface area contributed by atoms with Crippen LogP contribution in [0.5, 0.6) is 0 Å². The van der Waals surface area contributed by atoms with Crippen molar-refractivity contribution in [3.05, 3.63) is 11.7 Å². The highest BCUT2D eigenvalue weighted by atomic mass is 16.5.